The minimum absolute atomic E-state index is 0.157. The summed E-state index contributed by atoms with van der Waals surface area (Å²) >= 11 is 0. The Morgan fingerprint density at radius 2 is 1.56 bits per heavy atom. The van der Waals surface area contributed by atoms with Crippen LogP contribution in [0.25, 0.3) is 11.5 Å². The lowest BCUT2D eigenvalue weighted by molar-refractivity contribution is 0.0844. The van der Waals surface area contributed by atoms with Crippen LogP contribution in [0.3, 0.4) is 0 Å². The van der Waals surface area contributed by atoms with Crippen LogP contribution in [0, 0.1) is 0 Å². The molecule has 4 nitrogen and oxygen atoms in total. The molecule has 1 aliphatic carbocycles. The van der Waals surface area contributed by atoms with Crippen molar-refractivity contribution < 1.29 is 4.42 Å². The van der Waals surface area contributed by atoms with Crippen LogP contribution in [0.15, 0.2) is 65.1 Å². The molecule has 128 valence electrons. The molecule has 25 heavy (non-hydrogen) atoms. The fourth-order valence-electron chi connectivity index (χ4n) is 3.84. The average molecular weight is 333 g/mol. The van der Waals surface area contributed by atoms with Crippen molar-refractivity contribution in [2.24, 2.45) is 0 Å². The quantitative estimate of drug-likeness (QED) is 0.682. The Labute approximate surface area is 148 Å². The molecule has 1 fully saturated rings. The molecule has 2 aromatic carbocycles. The van der Waals surface area contributed by atoms with Gasteiger partial charge in [-0.25, -0.2) is 0 Å². The lowest BCUT2D eigenvalue weighted by Gasteiger charge is -2.35. The molecule has 0 N–H and O–H groups in total. The van der Waals surface area contributed by atoms with Crippen molar-refractivity contribution >= 4 is 0 Å². The number of benzene rings is 2. The summed E-state index contributed by atoms with van der Waals surface area (Å²) < 4.78 is 6.15. The van der Waals surface area contributed by atoms with Gasteiger partial charge in [-0.05, 0) is 37.6 Å². The minimum Gasteiger partial charge on any atom is -0.419 e. The molecular formula is C21H23N3O. The average Bonchev–Trinajstić information content (AvgIpc) is 3.34. The highest BCUT2D eigenvalue weighted by Gasteiger charge is 2.44. The van der Waals surface area contributed by atoms with E-state index in [2.05, 4.69) is 52.5 Å². The molecular weight excluding hydrogens is 310 g/mol. The molecule has 0 aliphatic heterocycles. The topological polar surface area (TPSA) is 42.2 Å². The zero-order chi connectivity index (χ0) is 17.1. The molecule has 0 saturated heterocycles. The van der Waals surface area contributed by atoms with E-state index in [0.29, 0.717) is 5.89 Å². The normalized spacial score (nSPS) is 16.4. The highest BCUT2D eigenvalue weighted by atomic mass is 16.4. The van der Waals surface area contributed by atoms with E-state index >= 15 is 0 Å². The van der Waals surface area contributed by atoms with E-state index < -0.39 is 0 Å². The van der Waals surface area contributed by atoms with Gasteiger partial charge in [0.05, 0.1) is 5.54 Å². The van der Waals surface area contributed by atoms with Crippen LogP contribution in [-0.2, 0) is 12.1 Å². The Morgan fingerprint density at radius 3 is 2.24 bits per heavy atom. The van der Waals surface area contributed by atoms with Crippen molar-refractivity contribution in [2.75, 3.05) is 7.05 Å². The molecule has 0 spiro atoms. The van der Waals surface area contributed by atoms with Gasteiger partial charge >= 0.3 is 0 Å². The van der Waals surface area contributed by atoms with Crippen molar-refractivity contribution in [3.05, 3.63) is 72.1 Å². The van der Waals surface area contributed by atoms with Crippen LogP contribution in [0.2, 0.25) is 0 Å². The minimum atomic E-state index is -0.157. The Kier molecular flexibility index (Phi) is 4.36. The number of aromatic nitrogens is 2. The van der Waals surface area contributed by atoms with Gasteiger partial charge in [-0.2, -0.15) is 0 Å². The van der Waals surface area contributed by atoms with Crippen LogP contribution in [0.1, 0.15) is 37.1 Å². The van der Waals surface area contributed by atoms with Gasteiger partial charge in [-0.1, -0.05) is 61.4 Å². The summed E-state index contributed by atoms with van der Waals surface area (Å²) in [5.41, 5.74) is 2.12. The van der Waals surface area contributed by atoms with Gasteiger partial charge in [0.1, 0.15) is 0 Å². The second kappa shape index (κ2) is 6.81. The van der Waals surface area contributed by atoms with E-state index in [1.54, 1.807) is 0 Å². The van der Waals surface area contributed by atoms with Gasteiger partial charge in [-0.15, -0.1) is 10.2 Å². The summed E-state index contributed by atoms with van der Waals surface area (Å²) in [5, 5.41) is 8.77. The van der Waals surface area contributed by atoms with Crippen LogP contribution < -0.4 is 0 Å². The SMILES string of the molecule is CN(Cc1ccccc1)C1(c2nnc(-c3ccccc3)o2)CCCC1. The third kappa shape index (κ3) is 3.10. The monoisotopic (exact) mass is 333 g/mol. The first-order valence-corrected chi connectivity index (χ1v) is 8.92. The second-order valence-corrected chi connectivity index (χ2v) is 6.86. The molecule has 3 aromatic rings. The Balaban J connectivity index is 1.64. The molecule has 0 bridgehead atoms. The smallest absolute Gasteiger partial charge is 0.247 e. The Bertz CT molecular complexity index is 807. The number of rotatable bonds is 5. The zero-order valence-electron chi connectivity index (χ0n) is 14.6. The van der Waals surface area contributed by atoms with E-state index in [1.807, 2.05) is 30.3 Å². The van der Waals surface area contributed by atoms with Gasteiger partial charge in [-0.3, -0.25) is 4.90 Å². The molecule has 4 heteroatoms. The predicted octanol–water partition coefficient (Wildman–Crippen LogP) is 4.64. The summed E-state index contributed by atoms with van der Waals surface area (Å²) in [6.45, 7) is 0.879. The van der Waals surface area contributed by atoms with Crippen molar-refractivity contribution in [2.45, 2.75) is 37.8 Å². The van der Waals surface area contributed by atoms with E-state index in [9.17, 15) is 0 Å². The summed E-state index contributed by atoms with van der Waals surface area (Å²) in [6.07, 6.45) is 4.52. The first-order chi connectivity index (χ1) is 12.3. The summed E-state index contributed by atoms with van der Waals surface area (Å²) in [4.78, 5) is 2.39. The number of hydrogen-bond donors (Lipinski definition) is 0. The first kappa shape index (κ1) is 16.0. The standard InChI is InChI=1S/C21H23N3O/c1-24(16-17-10-4-2-5-11-17)21(14-8-9-15-21)20-23-22-19(25-20)18-12-6-3-7-13-18/h2-7,10-13H,8-9,14-16H2,1H3. The fraction of sp³-hybridized carbons (Fsp3) is 0.333. The van der Waals surface area contributed by atoms with E-state index in [0.717, 1.165) is 30.8 Å². The molecule has 1 saturated carbocycles. The van der Waals surface area contributed by atoms with Crippen LogP contribution in [-0.4, -0.2) is 22.1 Å². The third-order valence-electron chi connectivity index (χ3n) is 5.27. The zero-order valence-corrected chi connectivity index (χ0v) is 14.6. The van der Waals surface area contributed by atoms with Crippen molar-refractivity contribution in [3.63, 3.8) is 0 Å². The van der Waals surface area contributed by atoms with Crippen LogP contribution in [0.5, 0.6) is 0 Å². The first-order valence-electron chi connectivity index (χ1n) is 8.92. The highest BCUT2D eigenvalue weighted by Crippen LogP contribution is 2.43. The molecule has 1 heterocycles. The Morgan fingerprint density at radius 1 is 0.920 bits per heavy atom. The largest absolute Gasteiger partial charge is 0.419 e. The van der Waals surface area contributed by atoms with Crippen molar-refractivity contribution in [3.8, 4) is 11.5 Å². The maximum absolute atomic E-state index is 6.15. The van der Waals surface area contributed by atoms with Crippen molar-refractivity contribution in [1.29, 1.82) is 0 Å². The number of nitrogens with zero attached hydrogens (tertiary/aromatic N) is 3. The molecule has 0 radical (unpaired) electrons. The summed E-state index contributed by atoms with van der Waals surface area (Å²) in [6, 6.07) is 20.6. The maximum atomic E-state index is 6.15. The van der Waals surface area contributed by atoms with Crippen molar-refractivity contribution in [1.82, 2.24) is 15.1 Å². The van der Waals surface area contributed by atoms with E-state index in [1.165, 1.54) is 18.4 Å². The highest BCUT2D eigenvalue weighted by molar-refractivity contribution is 5.51. The summed E-state index contributed by atoms with van der Waals surface area (Å²) in [7, 11) is 2.17. The van der Waals surface area contributed by atoms with Gasteiger partial charge in [0.15, 0.2) is 0 Å². The fourth-order valence-corrected chi connectivity index (χ4v) is 3.84. The number of hydrogen-bond acceptors (Lipinski definition) is 4. The molecule has 1 aromatic heterocycles. The molecule has 4 rings (SSSR count). The lowest BCUT2D eigenvalue weighted by atomic mass is 9.94. The molecule has 0 unspecified atom stereocenters. The maximum Gasteiger partial charge on any atom is 0.247 e. The predicted molar refractivity (Wildman–Crippen MR) is 97.8 cm³/mol. The molecule has 0 atom stereocenters. The van der Waals surface area contributed by atoms with Crippen LogP contribution in [0.4, 0.5) is 0 Å². The van der Waals surface area contributed by atoms with Crippen LogP contribution >= 0.6 is 0 Å². The third-order valence-corrected chi connectivity index (χ3v) is 5.27. The van der Waals surface area contributed by atoms with E-state index in [4.69, 9.17) is 4.42 Å². The Hall–Kier alpha value is -2.46. The van der Waals surface area contributed by atoms with Gasteiger partial charge in [0.25, 0.3) is 0 Å². The second-order valence-electron chi connectivity index (χ2n) is 6.86. The van der Waals surface area contributed by atoms with E-state index in [-0.39, 0.29) is 5.54 Å². The summed E-state index contributed by atoms with van der Waals surface area (Å²) in [5.74, 6) is 1.36. The lowest BCUT2D eigenvalue weighted by Crippen LogP contribution is -2.41. The van der Waals surface area contributed by atoms with Gasteiger partial charge < -0.3 is 4.42 Å². The molecule has 0 amide bonds. The molecule has 1 aliphatic rings. The van der Waals surface area contributed by atoms with Gasteiger partial charge in [0, 0.05) is 12.1 Å². The van der Waals surface area contributed by atoms with Gasteiger partial charge in [0.2, 0.25) is 11.8 Å².